The van der Waals surface area contributed by atoms with Gasteiger partial charge < -0.3 is 5.32 Å². The highest BCUT2D eigenvalue weighted by Gasteiger charge is 2.08. The molecule has 7 nitrogen and oxygen atoms in total. The lowest BCUT2D eigenvalue weighted by Crippen LogP contribution is -2.32. The van der Waals surface area contributed by atoms with Gasteiger partial charge in [0.2, 0.25) is 0 Å². The fraction of sp³-hybridized carbons (Fsp3) is 0.222. The van der Waals surface area contributed by atoms with Gasteiger partial charge in [0, 0.05) is 27.4 Å². The number of halogens is 1. The Balaban J connectivity index is 1.69. The third-order valence-electron chi connectivity index (χ3n) is 3.79. The Hall–Kier alpha value is -2.49. The van der Waals surface area contributed by atoms with Gasteiger partial charge in [-0.25, -0.2) is 9.36 Å². The molecule has 0 atom stereocenters. The summed E-state index contributed by atoms with van der Waals surface area (Å²) in [6.45, 7) is 4.42. The molecule has 0 bridgehead atoms. The Bertz CT molecular complexity index is 992. The SMILES string of the molecule is Cc1cc(C)n(-c2ccc(=O)n(CCNC(=O)c3ccc(I)cc3)n2)n1. The average Bonchev–Trinajstić information content (AvgIpc) is 2.95. The molecule has 0 spiro atoms. The summed E-state index contributed by atoms with van der Waals surface area (Å²) in [6.07, 6.45) is 0. The summed E-state index contributed by atoms with van der Waals surface area (Å²) in [5, 5.41) is 11.5. The topological polar surface area (TPSA) is 81.8 Å². The average molecular weight is 463 g/mol. The van der Waals surface area contributed by atoms with Crippen LogP contribution >= 0.6 is 22.6 Å². The van der Waals surface area contributed by atoms with Gasteiger partial charge in [0.05, 0.1) is 12.2 Å². The second kappa shape index (κ2) is 7.81. The highest BCUT2D eigenvalue weighted by atomic mass is 127. The van der Waals surface area contributed by atoms with Gasteiger partial charge in [0.15, 0.2) is 5.82 Å². The molecule has 8 heteroatoms. The smallest absolute Gasteiger partial charge is 0.266 e. The summed E-state index contributed by atoms with van der Waals surface area (Å²) in [7, 11) is 0. The standard InChI is InChI=1S/C18H18IN5O2/c1-12-11-13(2)24(21-12)16-7-8-17(25)23(22-16)10-9-20-18(26)14-3-5-15(19)6-4-14/h3-8,11H,9-10H2,1-2H3,(H,20,26). The predicted octanol–water partition coefficient (Wildman–Crippen LogP) is 2.08. The molecule has 0 saturated heterocycles. The molecule has 134 valence electrons. The number of carbonyl (C=O) groups is 1. The van der Waals surface area contributed by atoms with Crippen molar-refractivity contribution in [2.45, 2.75) is 20.4 Å². The number of aromatic nitrogens is 4. The Labute approximate surface area is 164 Å². The molecule has 2 aromatic heterocycles. The number of amides is 1. The summed E-state index contributed by atoms with van der Waals surface area (Å²) < 4.78 is 4.09. The number of carbonyl (C=O) groups excluding carboxylic acids is 1. The maximum Gasteiger partial charge on any atom is 0.266 e. The van der Waals surface area contributed by atoms with E-state index in [0.29, 0.717) is 17.9 Å². The van der Waals surface area contributed by atoms with Crippen LogP contribution in [0.4, 0.5) is 0 Å². The second-order valence-electron chi connectivity index (χ2n) is 5.85. The normalized spacial score (nSPS) is 10.7. The van der Waals surface area contributed by atoms with Crippen molar-refractivity contribution in [1.82, 2.24) is 24.9 Å². The van der Waals surface area contributed by atoms with E-state index in [1.54, 1.807) is 22.9 Å². The van der Waals surface area contributed by atoms with Crippen LogP contribution in [0.3, 0.4) is 0 Å². The van der Waals surface area contributed by atoms with Crippen LogP contribution in [0.1, 0.15) is 21.7 Å². The van der Waals surface area contributed by atoms with Gasteiger partial charge in [-0.1, -0.05) is 0 Å². The van der Waals surface area contributed by atoms with Gasteiger partial charge in [-0.2, -0.15) is 5.10 Å². The van der Waals surface area contributed by atoms with Crippen molar-refractivity contribution in [2.75, 3.05) is 6.54 Å². The number of benzene rings is 1. The molecule has 0 aliphatic rings. The van der Waals surface area contributed by atoms with E-state index in [1.807, 2.05) is 32.0 Å². The van der Waals surface area contributed by atoms with Crippen molar-refractivity contribution in [3.63, 3.8) is 0 Å². The summed E-state index contributed by atoms with van der Waals surface area (Å²) in [5.74, 6) is 0.392. The monoisotopic (exact) mass is 463 g/mol. The minimum Gasteiger partial charge on any atom is -0.350 e. The zero-order valence-corrected chi connectivity index (χ0v) is 16.6. The molecule has 3 rings (SSSR count). The zero-order chi connectivity index (χ0) is 18.7. The molecule has 1 aromatic carbocycles. The molecule has 0 radical (unpaired) electrons. The number of aryl methyl sites for hydroxylation is 2. The molecule has 0 unspecified atom stereocenters. The summed E-state index contributed by atoms with van der Waals surface area (Å²) in [4.78, 5) is 24.2. The maximum absolute atomic E-state index is 12.1. The predicted molar refractivity (Wildman–Crippen MR) is 107 cm³/mol. The first-order chi connectivity index (χ1) is 12.4. The van der Waals surface area contributed by atoms with Gasteiger partial charge in [-0.15, -0.1) is 5.10 Å². The van der Waals surface area contributed by atoms with E-state index >= 15 is 0 Å². The van der Waals surface area contributed by atoms with Crippen LogP contribution in [-0.2, 0) is 6.54 Å². The fourth-order valence-electron chi connectivity index (χ4n) is 2.55. The van der Waals surface area contributed by atoms with Crippen molar-refractivity contribution in [3.05, 3.63) is 73.3 Å². The second-order valence-corrected chi connectivity index (χ2v) is 7.10. The van der Waals surface area contributed by atoms with E-state index < -0.39 is 0 Å². The lowest BCUT2D eigenvalue weighted by molar-refractivity contribution is 0.0951. The highest BCUT2D eigenvalue weighted by Crippen LogP contribution is 2.08. The highest BCUT2D eigenvalue weighted by molar-refractivity contribution is 14.1. The largest absolute Gasteiger partial charge is 0.350 e. The number of hydrogen-bond donors (Lipinski definition) is 1. The first-order valence-electron chi connectivity index (χ1n) is 8.09. The molecule has 0 saturated carbocycles. The van der Waals surface area contributed by atoms with E-state index in [1.165, 1.54) is 10.7 Å². The molecule has 3 aromatic rings. The van der Waals surface area contributed by atoms with Crippen molar-refractivity contribution >= 4 is 28.5 Å². The third kappa shape index (κ3) is 4.18. The Kier molecular flexibility index (Phi) is 5.50. The Morgan fingerprint density at radius 1 is 1.12 bits per heavy atom. The van der Waals surface area contributed by atoms with Gasteiger partial charge in [0.1, 0.15) is 0 Å². The summed E-state index contributed by atoms with van der Waals surface area (Å²) >= 11 is 2.19. The van der Waals surface area contributed by atoms with E-state index in [0.717, 1.165) is 15.0 Å². The molecular formula is C18H18IN5O2. The van der Waals surface area contributed by atoms with Crippen LogP contribution in [0.15, 0.2) is 47.3 Å². The van der Waals surface area contributed by atoms with Crippen LogP contribution < -0.4 is 10.9 Å². The maximum atomic E-state index is 12.1. The molecular weight excluding hydrogens is 445 g/mol. The summed E-state index contributed by atoms with van der Waals surface area (Å²) in [6, 6.07) is 12.3. The first-order valence-corrected chi connectivity index (χ1v) is 9.17. The van der Waals surface area contributed by atoms with Crippen molar-refractivity contribution in [1.29, 1.82) is 0 Å². The van der Waals surface area contributed by atoms with E-state index in [-0.39, 0.29) is 18.0 Å². The van der Waals surface area contributed by atoms with Crippen LogP contribution in [-0.4, -0.2) is 32.0 Å². The molecule has 0 fully saturated rings. The van der Waals surface area contributed by atoms with Gasteiger partial charge in [-0.3, -0.25) is 9.59 Å². The van der Waals surface area contributed by atoms with Crippen LogP contribution in [0.5, 0.6) is 0 Å². The molecule has 1 N–H and O–H groups in total. The minimum absolute atomic E-state index is 0.177. The number of rotatable bonds is 5. The molecule has 2 heterocycles. The van der Waals surface area contributed by atoms with Gasteiger partial charge >= 0.3 is 0 Å². The van der Waals surface area contributed by atoms with Gasteiger partial charge in [0.25, 0.3) is 11.5 Å². The van der Waals surface area contributed by atoms with Crippen LogP contribution in [0.25, 0.3) is 5.82 Å². The number of nitrogens with zero attached hydrogens (tertiary/aromatic N) is 4. The molecule has 1 amide bonds. The molecule has 0 aliphatic carbocycles. The quantitative estimate of drug-likeness (QED) is 0.588. The number of hydrogen-bond acceptors (Lipinski definition) is 4. The zero-order valence-electron chi connectivity index (χ0n) is 14.4. The van der Waals surface area contributed by atoms with Crippen molar-refractivity contribution in [2.24, 2.45) is 0 Å². The first kappa shape index (κ1) is 18.3. The minimum atomic E-state index is -0.223. The lowest BCUT2D eigenvalue weighted by atomic mass is 10.2. The number of nitrogens with one attached hydrogen (secondary N) is 1. The Morgan fingerprint density at radius 2 is 1.85 bits per heavy atom. The van der Waals surface area contributed by atoms with E-state index in [4.69, 9.17) is 0 Å². The van der Waals surface area contributed by atoms with Crippen molar-refractivity contribution < 1.29 is 4.79 Å². The summed E-state index contributed by atoms with van der Waals surface area (Å²) in [5.41, 5.74) is 2.18. The fourth-order valence-corrected chi connectivity index (χ4v) is 2.91. The third-order valence-corrected chi connectivity index (χ3v) is 4.51. The van der Waals surface area contributed by atoms with E-state index in [2.05, 4.69) is 38.1 Å². The van der Waals surface area contributed by atoms with E-state index in [9.17, 15) is 9.59 Å². The van der Waals surface area contributed by atoms with Crippen LogP contribution in [0, 0.1) is 17.4 Å². The molecule has 0 aliphatic heterocycles. The van der Waals surface area contributed by atoms with Crippen LogP contribution in [0.2, 0.25) is 0 Å². The lowest BCUT2D eigenvalue weighted by Gasteiger charge is -2.09. The Morgan fingerprint density at radius 3 is 2.50 bits per heavy atom. The molecule has 26 heavy (non-hydrogen) atoms. The van der Waals surface area contributed by atoms with Gasteiger partial charge in [-0.05, 0) is 72.8 Å². The van der Waals surface area contributed by atoms with Crippen molar-refractivity contribution in [3.8, 4) is 5.82 Å².